The minimum atomic E-state index is -0.803. The van der Waals surface area contributed by atoms with Crippen LogP contribution >= 0.6 is 0 Å². The minimum Gasteiger partial charge on any atom is -0.388 e. The third-order valence-corrected chi connectivity index (χ3v) is 2.53. The first-order chi connectivity index (χ1) is 7.06. The van der Waals surface area contributed by atoms with Crippen LogP contribution in [0.1, 0.15) is 35.9 Å². The first-order valence-corrected chi connectivity index (χ1v) is 4.80. The zero-order chi connectivity index (χ0) is 11.4. The van der Waals surface area contributed by atoms with Crippen molar-refractivity contribution in [2.45, 2.75) is 20.0 Å². The van der Waals surface area contributed by atoms with Gasteiger partial charge >= 0.3 is 0 Å². The maximum atomic E-state index is 11.1. The van der Waals surface area contributed by atoms with E-state index in [9.17, 15) is 14.7 Å². The van der Waals surface area contributed by atoms with Crippen molar-refractivity contribution in [2.75, 3.05) is 0 Å². The minimum absolute atomic E-state index is 0.0537. The van der Waals surface area contributed by atoms with Crippen LogP contribution in [0.25, 0.3) is 0 Å². The number of hydrogen-bond acceptors (Lipinski definition) is 3. The van der Waals surface area contributed by atoms with E-state index in [0.717, 1.165) is 6.29 Å². The predicted octanol–water partition coefficient (Wildman–Crippen LogP) is 1.76. The molecule has 3 nitrogen and oxygen atoms in total. The molecule has 0 aliphatic carbocycles. The Morgan fingerprint density at radius 1 is 1.33 bits per heavy atom. The molecular formula is C12H14O3. The molecule has 1 aromatic rings. The average molecular weight is 206 g/mol. The number of rotatable bonds is 4. The van der Waals surface area contributed by atoms with Crippen molar-refractivity contribution < 1.29 is 14.7 Å². The molecule has 15 heavy (non-hydrogen) atoms. The normalized spacial score (nSPS) is 14.3. The van der Waals surface area contributed by atoms with Crippen molar-refractivity contribution in [1.29, 1.82) is 0 Å². The van der Waals surface area contributed by atoms with Gasteiger partial charge < -0.3 is 5.11 Å². The summed E-state index contributed by atoms with van der Waals surface area (Å²) < 4.78 is 0. The van der Waals surface area contributed by atoms with Gasteiger partial charge in [-0.2, -0.15) is 0 Å². The highest BCUT2D eigenvalue weighted by atomic mass is 16.3. The molecule has 0 saturated heterocycles. The van der Waals surface area contributed by atoms with Crippen LogP contribution in [0.5, 0.6) is 0 Å². The largest absolute Gasteiger partial charge is 0.388 e. The lowest BCUT2D eigenvalue weighted by Crippen LogP contribution is -2.16. The second-order valence-corrected chi connectivity index (χ2v) is 3.63. The highest BCUT2D eigenvalue weighted by molar-refractivity contribution is 5.79. The van der Waals surface area contributed by atoms with Gasteiger partial charge in [-0.05, 0) is 12.5 Å². The van der Waals surface area contributed by atoms with Gasteiger partial charge in [0, 0.05) is 11.5 Å². The molecule has 0 amide bonds. The molecular weight excluding hydrogens is 192 g/mol. The van der Waals surface area contributed by atoms with Gasteiger partial charge in [0.2, 0.25) is 0 Å². The van der Waals surface area contributed by atoms with Crippen LogP contribution in [-0.4, -0.2) is 17.2 Å². The van der Waals surface area contributed by atoms with Crippen LogP contribution in [0.2, 0.25) is 0 Å². The van der Waals surface area contributed by atoms with Gasteiger partial charge in [0.1, 0.15) is 12.1 Å². The van der Waals surface area contributed by atoms with Crippen LogP contribution in [-0.2, 0) is 4.79 Å². The van der Waals surface area contributed by atoms with Gasteiger partial charge in [-0.15, -0.1) is 0 Å². The SMILES string of the molecule is CC(=O)C(C)C(O)c1ccc(C=O)cc1. The Labute approximate surface area is 88.7 Å². The summed E-state index contributed by atoms with van der Waals surface area (Å²) in [6.45, 7) is 3.13. The van der Waals surface area contributed by atoms with Crippen LogP contribution < -0.4 is 0 Å². The Kier molecular flexibility index (Phi) is 3.74. The standard InChI is InChI=1S/C12H14O3/c1-8(9(2)14)12(15)11-5-3-10(7-13)4-6-11/h3-8,12,15H,1-2H3. The molecule has 0 aliphatic heterocycles. The molecule has 0 heterocycles. The van der Waals surface area contributed by atoms with Crippen LogP contribution in [0.4, 0.5) is 0 Å². The second kappa shape index (κ2) is 4.84. The molecule has 2 atom stereocenters. The fourth-order valence-electron chi connectivity index (χ4n) is 1.28. The Balaban J connectivity index is 2.86. The molecule has 0 saturated carbocycles. The summed E-state index contributed by atoms with van der Waals surface area (Å²) in [5.74, 6) is -0.478. The molecule has 2 unspecified atom stereocenters. The number of carbonyl (C=O) groups excluding carboxylic acids is 2. The van der Waals surface area contributed by atoms with Crippen molar-refractivity contribution in [3.05, 3.63) is 35.4 Å². The molecule has 1 rings (SSSR count). The molecule has 3 heteroatoms. The molecule has 1 aromatic carbocycles. The van der Waals surface area contributed by atoms with Crippen molar-refractivity contribution in [3.8, 4) is 0 Å². The van der Waals surface area contributed by atoms with Gasteiger partial charge in [-0.3, -0.25) is 9.59 Å². The van der Waals surface area contributed by atoms with E-state index in [1.165, 1.54) is 6.92 Å². The summed E-state index contributed by atoms with van der Waals surface area (Å²) in [5, 5.41) is 9.81. The molecule has 0 spiro atoms. The summed E-state index contributed by atoms with van der Waals surface area (Å²) in [6, 6.07) is 6.57. The summed E-state index contributed by atoms with van der Waals surface area (Å²) in [6.07, 6.45) is -0.0620. The number of hydrogen-bond donors (Lipinski definition) is 1. The van der Waals surface area contributed by atoms with E-state index in [1.807, 2.05) is 0 Å². The zero-order valence-corrected chi connectivity index (χ0v) is 8.81. The molecule has 80 valence electrons. The fourth-order valence-corrected chi connectivity index (χ4v) is 1.28. The smallest absolute Gasteiger partial charge is 0.150 e. The second-order valence-electron chi connectivity index (χ2n) is 3.63. The Morgan fingerprint density at radius 3 is 2.27 bits per heavy atom. The van der Waals surface area contributed by atoms with Gasteiger partial charge in [-0.1, -0.05) is 31.2 Å². The van der Waals surface area contributed by atoms with Gasteiger partial charge in [0.05, 0.1) is 6.10 Å². The lowest BCUT2D eigenvalue weighted by molar-refractivity contribution is -0.123. The van der Waals surface area contributed by atoms with E-state index in [0.29, 0.717) is 11.1 Å². The molecule has 0 bridgehead atoms. The van der Waals surface area contributed by atoms with Gasteiger partial charge in [0.15, 0.2) is 0 Å². The summed E-state index contributed by atoms with van der Waals surface area (Å²) in [5.41, 5.74) is 1.21. The maximum absolute atomic E-state index is 11.1. The van der Waals surface area contributed by atoms with Crippen LogP contribution in [0, 0.1) is 5.92 Å². The van der Waals surface area contributed by atoms with Gasteiger partial charge in [-0.25, -0.2) is 0 Å². The Morgan fingerprint density at radius 2 is 1.87 bits per heavy atom. The lowest BCUT2D eigenvalue weighted by Gasteiger charge is -2.16. The average Bonchev–Trinajstić information content (AvgIpc) is 2.27. The van der Waals surface area contributed by atoms with Crippen LogP contribution in [0.3, 0.4) is 0 Å². The van der Waals surface area contributed by atoms with Crippen LogP contribution in [0.15, 0.2) is 24.3 Å². The van der Waals surface area contributed by atoms with Crippen molar-refractivity contribution in [3.63, 3.8) is 0 Å². The Bertz CT molecular complexity index is 354. The summed E-state index contributed by atoms with van der Waals surface area (Å²) >= 11 is 0. The van der Waals surface area contributed by atoms with Crippen molar-refractivity contribution >= 4 is 12.1 Å². The number of Topliss-reactive ketones (excluding diaryl/α,β-unsaturated/α-hetero) is 1. The van der Waals surface area contributed by atoms with E-state index in [4.69, 9.17) is 0 Å². The molecule has 0 aliphatic rings. The summed E-state index contributed by atoms with van der Waals surface area (Å²) in [7, 11) is 0. The molecule has 0 aromatic heterocycles. The maximum Gasteiger partial charge on any atom is 0.150 e. The summed E-state index contributed by atoms with van der Waals surface area (Å²) in [4.78, 5) is 21.5. The quantitative estimate of drug-likeness (QED) is 0.764. The monoisotopic (exact) mass is 206 g/mol. The van der Waals surface area contributed by atoms with Crippen molar-refractivity contribution in [2.24, 2.45) is 5.92 Å². The molecule has 0 fully saturated rings. The zero-order valence-electron chi connectivity index (χ0n) is 8.81. The first-order valence-electron chi connectivity index (χ1n) is 4.80. The lowest BCUT2D eigenvalue weighted by atomic mass is 9.94. The fraction of sp³-hybridized carbons (Fsp3) is 0.333. The van der Waals surface area contributed by atoms with E-state index in [2.05, 4.69) is 0 Å². The first kappa shape index (κ1) is 11.6. The Hall–Kier alpha value is -1.48. The molecule has 0 radical (unpaired) electrons. The van der Waals surface area contributed by atoms with E-state index in [-0.39, 0.29) is 5.78 Å². The molecule has 1 N–H and O–H groups in total. The number of ketones is 1. The number of carbonyl (C=O) groups is 2. The highest BCUT2D eigenvalue weighted by Crippen LogP contribution is 2.22. The van der Waals surface area contributed by atoms with E-state index >= 15 is 0 Å². The van der Waals surface area contributed by atoms with Crippen molar-refractivity contribution in [1.82, 2.24) is 0 Å². The third-order valence-electron chi connectivity index (χ3n) is 2.53. The van der Waals surface area contributed by atoms with E-state index in [1.54, 1.807) is 31.2 Å². The van der Waals surface area contributed by atoms with E-state index < -0.39 is 12.0 Å². The number of benzene rings is 1. The third kappa shape index (κ3) is 2.73. The topological polar surface area (TPSA) is 54.4 Å². The number of aliphatic hydroxyl groups excluding tert-OH is 1. The van der Waals surface area contributed by atoms with Gasteiger partial charge in [0.25, 0.3) is 0 Å². The predicted molar refractivity (Wildman–Crippen MR) is 56.6 cm³/mol. The number of aliphatic hydroxyl groups is 1. The highest BCUT2D eigenvalue weighted by Gasteiger charge is 2.19. The number of aldehydes is 1.